The second kappa shape index (κ2) is 8.90. The fraction of sp³-hybridized carbons (Fsp3) is 0.381. The van der Waals surface area contributed by atoms with Crippen molar-refractivity contribution in [1.29, 1.82) is 0 Å². The van der Waals surface area contributed by atoms with Crippen molar-refractivity contribution >= 4 is 23.0 Å². The van der Waals surface area contributed by atoms with Crippen molar-refractivity contribution in [3.05, 3.63) is 60.2 Å². The van der Waals surface area contributed by atoms with Gasteiger partial charge in [-0.2, -0.15) is 0 Å². The first-order valence-electron chi connectivity index (χ1n) is 9.11. The fourth-order valence-corrected chi connectivity index (χ4v) is 3.62. The van der Waals surface area contributed by atoms with Crippen LogP contribution in [0.4, 0.5) is 5.69 Å². The average Bonchev–Trinajstić information content (AvgIpc) is 2.72. The lowest BCUT2D eigenvalue weighted by Crippen LogP contribution is -2.48. The van der Waals surface area contributed by atoms with E-state index in [9.17, 15) is 0 Å². The van der Waals surface area contributed by atoms with Gasteiger partial charge in [-0.25, -0.2) is 0 Å². The highest BCUT2D eigenvalue weighted by molar-refractivity contribution is 7.80. The number of ether oxygens (including phenoxy) is 1. The molecule has 1 aliphatic rings. The van der Waals surface area contributed by atoms with Crippen LogP contribution in [0.15, 0.2) is 54.6 Å². The highest BCUT2D eigenvalue weighted by Crippen LogP contribution is 2.22. The molecule has 0 radical (unpaired) electrons. The molecular weight excluding hydrogens is 342 g/mol. The molecule has 0 bridgehead atoms. The average molecular weight is 370 g/mol. The summed E-state index contributed by atoms with van der Waals surface area (Å²) >= 11 is 5.60. The Balaban J connectivity index is 1.45. The van der Waals surface area contributed by atoms with E-state index in [2.05, 4.69) is 64.6 Å². The largest absolute Gasteiger partial charge is 0.497 e. The zero-order chi connectivity index (χ0) is 18.4. The molecule has 2 aromatic carbocycles. The minimum absolute atomic E-state index is 0.568. The number of anilines is 1. The van der Waals surface area contributed by atoms with Gasteiger partial charge in [-0.05, 0) is 54.9 Å². The summed E-state index contributed by atoms with van der Waals surface area (Å²) in [6, 6.07) is 19.3. The molecule has 0 saturated carbocycles. The summed E-state index contributed by atoms with van der Waals surface area (Å²) in [5, 5.41) is 4.23. The van der Waals surface area contributed by atoms with Gasteiger partial charge in [0, 0.05) is 38.4 Å². The van der Waals surface area contributed by atoms with Crippen molar-refractivity contribution in [2.75, 3.05) is 32.1 Å². The lowest BCUT2D eigenvalue weighted by atomic mass is 10.0. The van der Waals surface area contributed by atoms with Gasteiger partial charge in [0.05, 0.1) is 7.11 Å². The van der Waals surface area contributed by atoms with E-state index < -0.39 is 0 Å². The number of piperidine rings is 1. The molecule has 138 valence electrons. The van der Waals surface area contributed by atoms with Crippen LogP contribution in [-0.2, 0) is 6.54 Å². The number of nitrogens with zero attached hydrogens (tertiary/aromatic N) is 2. The molecule has 0 amide bonds. The van der Waals surface area contributed by atoms with Crippen LogP contribution in [0.3, 0.4) is 0 Å². The molecule has 0 aromatic heterocycles. The van der Waals surface area contributed by atoms with Gasteiger partial charge in [-0.15, -0.1) is 0 Å². The van der Waals surface area contributed by atoms with E-state index >= 15 is 0 Å². The number of para-hydroxylation sites is 1. The van der Waals surface area contributed by atoms with Crippen molar-refractivity contribution in [2.24, 2.45) is 0 Å². The van der Waals surface area contributed by atoms with Crippen LogP contribution >= 0.6 is 12.2 Å². The van der Waals surface area contributed by atoms with Gasteiger partial charge in [0.1, 0.15) is 5.75 Å². The van der Waals surface area contributed by atoms with E-state index in [1.807, 2.05) is 12.1 Å². The SMILES string of the molecule is COc1ccc(CNC(=S)N2CCC(N(C)c3ccccc3)CC2)cc1. The first-order valence-corrected chi connectivity index (χ1v) is 9.52. The third kappa shape index (κ3) is 4.67. The molecule has 0 atom stereocenters. The predicted octanol–water partition coefficient (Wildman–Crippen LogP) is 3.67. The van der Waals surface area contributed by atoms with E-state index in [4.69, 9.17) is 17.0 Å². The van der Waals surface area contributed by atoms with Gasteiger partial charge >= 0.3 is 0 Å². The zero-order valence-corrected chi connectivity index (χ0v) is 16.3. The second-order valence-corrected chi connectivity index (χ2v) is 7.06. The van der Waals surface area contributed by atoms with Crippen LogP contribution in [0.1, 0.15) is 18.4 Å². The molecular formula is C21H27N3OS. The van der Waals surface area contributed by atoms with Gasteiger partial charge in [-0.1, -0.05) is 30.3 Å². The highest BCUT2D eigenvalue weighted by Gasteiger charge is 2.23. The van der Waals surface area contributed by atoms with Crippen molar-refractivity contribution in [1.82, 2.24) is 10.2 Å². The lowest BCUT2D eigenvalue weighted by Gasteiger charge is -2.38. The first kappa shape index (κ1) is 18.5. The Morgan fingerprint density at radius 1 is 1.12 bits per heavy atom. The maximum absolute atomic E-state index is 5.60. The number of likely N-dealkylation sites (tertiary alicyclic amines) is 1. The molecule has 1 saturated heterocycles. The molecule has 5 heteroatoms. The van der Waals surface area contributed by atoms with Gasteiger partial charge in [0.25, 0.3) is 0 Å². The molecule has 4 nitrogen and oxygen atoms in total. The van der Waals surface area contributed by atoms with Gasteiger partial charge in [-0.3, -0.25) is 0 Å². The summed E-state index contributed by atoms with van der Waals surface area (Å²) in [6.07, 6.45) is 2.24. The Bertz CT molecular complexity index is 697. The van der Waals surface area contributed by atoms with Crippen LogP contribution < -0.4 is 15.0 Å². The van der Waals surface area contributed by atoms with E-state index in [1.165, 1.54) is 11.3 Å². The van der Waals surface area contributed by atoms with Gasteiger partial charge in [0.2, 0.25) is 0 Å². The third-order valence-electron chi connectivity index (χ3n) is 5.07. The van der Waals surface area contributed by atoms with E-state index in [0.29, 0.717) is 6.04 Å². The van der Waals surface area contributed by atoms with Crippen molar-refractivity contribution in [3.8, 4) is 5.75 Å². The van der Waals surface area contributed by atoms with Crippen LogP contribution in [0, 0.1) is 0 Å². The minimum Gasteiger partial charge on any atom is -0.497 e. The number of hydrogen-bond acceptors (Lipinski definition) is 3. The third-order valence-corrected chi connectivity index (χ3v) is 5.47. The standard InChI is InChI=1S/C21H27N3OS/c1-23(18-6-4-3-5-7-18)19-12-14-24(15-13-19)21(26)22-16-17-8-10-20(25-2)11-9-17/h3-11,19H,12-16H2,1-2H3,(H,22,26). The molecule has 1 heterocycles. The first-order chi connectivity index (χ1) is 12.7. The summed E-state index contributed by atoms with van der Waals surface area (Å²) in [5.41, 5.74) is 2.48. The summed E-state index contributed by atoms with van der Waals surface area (Å²) in [5.74, 6) is 0.876. The van der Waals surface area contributed by atoms with Gasteiger partial charge in [0.15, 0.2) is 5.11 Å². The Hall–Kier alpha value is -2.27. The Kier molecular flexibility index (Phi) is 6.34. The molecule has 0 aliphatic carbocycles. The van der Waals surface area contributed by atoms with Crippen molar-refractivity contribution in [3.63, 3.8) is 0 Å². The molecule has 26 heavy (non-hydrogen) atoms. The molecule has 0 spiro atoms. The summed E-state index contributed by atoms with van der Waals surface area (Å²) < 4.78 is 5.19. The number of thiocarbonyl (C=S) groups is 1. The zero-order valence-electron chi connectivity index (χ0n) is 15.5. The predicted molar refractivity (Wildman–Crippen MR) is 112 cm³/mol. The number of hydrogen-bond donors (Lipinski definition) is 1. The molecule has 1 N–H and O–H groups in total. The van der Waals surface area contributed by atoms with Gasteiger partial charge < -0.3 is 19.9 Å². The number of methoxy groups -OCH3 is 1. The molecule has 1 fully saturated rings. The van der Waals surface area contributed by atoms with E-state index in [-0.39, 0.29) is 0 Å². The monoisotopic (exact) mass is 369 g/mol. The Morgan fingerprint density at radius 3 is 2.38 bits per heavy atom. The van der Waals surface area contributed by atoms with E-state index in [0.717, 1.165) is 43.3 Å². The maximum Gasteiger partial charge on any atom is 0.169 e. The normalized spacial score (nSPS) is 14.8. The smallest absolute Gasteiger partial charge is 0.169 e. The van der Waals surface area contributed by atoms with Crippen molar-refractivity contribution in [2.45, 2.75) is 25.4 Å². The number of rotatable bonds is 5. The summed E-state index contributed by atoms with van der Waals surface area (Å²) in [6.45, 7) is 2.74. The second-order valence-electron chi connectivity index (χ2n) is 6.67. The van der Waals surface area contributed by atoms with Crippen molar-refractivity contribution < 1.29 is 4.74 Å². The van der Waals surface area contributed by atoms with Crippen LogP contribution in [0.2, 0.25) is 0 Å². The molecule has 3 rings (SSSR count). The van der Waals surface area contributed by atoms with E-state index in [1.54, 1.807) is 7.11 Å². The number of benzene rings is 2. The summed E-state index contributed by atoms with van der Waals surface area (Å²) in [4.78, 5) is 4.68. The lowest BCUT2D eigenvalue weighted by molar-refractivity contribution is 0.305. The fourth-order valence-electron chi connectivity index (χ4n) is 3.36. The minimum atomic E-state index is 0.568. The van der Waals surface area contributed by atoms with Crippen LogP contribution in [0.25, 0.3) is 0 Å². The Labute approximate surface area is 161 Å². The highest BCUT2D eigenvalue weighted by atomic mass is 32.1. The van der Waals surface area contributed by atoms with Crippen LogP contribution in [-0.4, -0.2) is 43.3 Å². The quantitative estimate of drug-likeness (QED) is 0.812. The molecule has 2 aromatic rings. The van der Waals surface area contributed by atoms with Crippen LogP contribution in [0.5, 0.6) is 5.75 Å². The summed E-state index contributed by atoms with van der Waals surface area (Å²) in [7, 11) is 3.87. The maximum atomic E-state index is 5.60. The molecule has 1 aliphatic heterocycles. The Morgan fingerprint density at radius 2 is 1.77 bits per heavy atom. The molecule has 0 unspecified atom stereocenters. The number of nitrogens with one attached hydrogen (secondary N) is 1. The topological polar surface area (TPSA) is 27.7 Å².